The molecule has 3 rings (SSSR count). The van der Waals surface area contributed by atoms with Crippen LogP contribution in [0.15, 0.2) is 18.2 Å². The molecule has 1 fully saturated rings. The Kier molecular flexibility index (Phi) is 4.31. The summed E-state index contributed by atoms with van der Waals surface area (Å²) >= 11 is 0. The predicted octanol–water partition coefficient (Wildman–Crippen LogP) is 3.62. The molecule has 1 aliphatic carbocycles. The van der Waals surface area contributed by atoms with Crippen molar-refractivity contribution in [1.82, 2.24) is 0 Å². The van der Waals surface area contributed by atoms with Crippen molar-refractivity contribution < 1.29 is 24.9 Å². The zero-order chi connectivity index (χ0) is 18.5. The Morgan fingerprint density at radius 1 is 1.48 bits per heavy atom. The molecule has 0 radical (unpaired) electrons. The molecule has 5 nitrogen and oxygen atoms in total. The maximum atomic E-state index is 11.9. The maximum absolute atomic E-state index is 11.9. The van der Waals surface area contributed by atoms with Gasteiger partial charge in [-0.2, -0.15) is 0 Å². The van der Waals surface area contributed by atoms with Gasteiger partial charge in [-0.3, -0.25) is 0 Å². The largest absolute Gasteiger partial charge is 0.508 e. The van der Waals surface area contributed by atoms with Crippen molar-refractivity contribution in [1.29, 1.82) is 0 Å². The van der Waals surface area contributed by atoms with Gasteiger partial charge < -0.3 is 20.1 Å². The number of aryl methyl sites for hydroxylation is 1. The summed E-state index contributed by atoms with van der Waals surface area (Å²) in [4.78, 5) is 11.9. The molecule has 25 heavy (non-hydrogen) atoms. The molecule has 0 amide bonds. The van der Waals surface area contributed by atoms with Crippen molar-refractivity contribution in [3.8, 4) is 11.5 Å². The van der Waals surface area contributed by atoms with Gasteiger partial charge in [0, 0.05) is 11.5 Å². The molecule has 1 aromatic carbocycles. The number of aromatic carboxylic acids is 1. The Morgan fingerprint density at radius 3 is 2.72 bits per heavy atom. The highest BCUT2D eigenvalue weighted by Gasteiger charge is 2.54. The Labute approximate surface area is 147 Å². The van der Waals surface area contributed by atoms with E-state index in [-0.39, 0.29) is 28.9 Å². The van der Waals surface area contributed by atoms with Crippen LogP contribution < -0.4 is 4.74 Å². The zero-order valence-corrected chi connectivity index (χ0v) is 15.0. The summed E-state index contributed by atoms with van der Waals surface area (Å²) in [7, 11) is 0. The number of aromatic hydroxyl groups is 1. The zero-order valence-electron chi connectivity index (χ0n) is 15.0. The van der Waals surface area contributed by atoms with E-state index in [4.69, 9.17) is 4.74 Å². The molecular weight excluding hydrogens is 320 g/mol. The predicted molar refractivity (Wildman–Crippen MR) is 94.4 cm³/mol. The van der Waals surface area contributed by atoms with Gasteiger partial charge in [0.25, 0.3) is 0 Å². The first-order valence-electron chi connectivity index (χ1n) is 8.85. The lowest BCUT2D eigenvalue weighted by atomic mass is 9.66. The minimum Gasteiger partial charge on any atom is -0.508 e. The third-order valence-electron chi connectivity index (χ3n) is 5.66. The summed E-state index contributed by atoms with van der Waals surface area (Å²) < 4.78 is 6.03. The molecular formula is C20H26O5. The molecule has 0 bridgehead atoms. The lowest BCUT2D eigenvalue weighted by molar-refractivity contribution is -0.0826. The minimum absolute atomic E-state index is 0.0380. The topological polar surface area (TPSA) is 87.0 Å². The average Bonchev–Trinajstić information content (AvgIpc) is 2.88. The second-order valence-corrected chi connectivity index (χ2v) is 7.64. The van der Waals surface area contributed by atoms with Gasteiger partial charge >= 0.3 is 5.97 Å². The van der Waals surface area contributed by atoms with E-state index in [1.807, 2.05) is 13.8 Å². The summed E-state index contributed by atoms with van der Waals surface area (Å²) in [6.07, 6.45) is 1.99. The van der Waals surface area contributed by atoms with Crippen LogP contribution in [0.5, 0.6) is 11.5 Å². The molecule has 5 heteroatoms. The summed E-state index contributed by atoms with van der Waals surface area (Å²) in [5.41, 5.74) is 1.06. The van der Waals surface area contributed by atoms with E-state index in [0.29, 0.717) is 24.0 Å². The molecule has 2 aliphatic rings. The Bertz CT molecular complexity index is 734. The Morgan fingerprint density at radius 2 is 2.16 bits per heavy atom. The second-order valence-electron chi connectivity index (χ2n) is 7.64. The fraction of sp³-hybridized carbons (Fsp3) is 0.550. The molecule has 136 valence electrons. The standard InChI is InChI=1S/C20H26O5/c1-5-6-11-9-13(21)16-15-12(10(2)3)7-8-20(4,24)18(15)25-17(16)14(11)19(22)23/h9,12,15,18,21,24H,2,5-8H2,1,3-4H3,(H,22,23)/t12?,15-,18+,20+/m1/s1. The van der Waals surface area contributed by atoms with Crippen LogP contribution in [0.1, 0.15) is 67.4 Å². The number of hydrogen-bond donors (Lipinski definition) is 3. The van der Waals surface area contributed by atoms with Crippen LogP contribution in [-0.2, 0) is 6.42 Å². The number of carboxylic acids is 1. The molecule has 1 heterocycles. The fourth-order valence-electron chi connectivity index (χ4n) is 4.46. The van der Waals surface area contributed by atoms with Gasteiger partial charge in [0.1, 0.15) is 23.2 Å². The van der Waals surface area contributed by atoms with E-state index in [1.165, 1.54) is 0 Å². The molecule has 1 aromatic rings. The van der Waals surface area contributed by atoms with Gasteiger partial charge in [0.05, 0.1) is 5.60 Å². The first-order chi connectivity index (χ1) is 11.7. The number of rotatable bonds is 4. The molecule has 0 aromatic heterocycles. The van der Waals surface area contributed by atoms with Gasteiger partial charge in [-0.15, -0.1) is 0 Å². The number of hydrogen-bond acceptors (Lipinski definition) is 4. The number of ether oxygens (including phenoxy) is 1. The van der Waals surface area contributed by atoms with Gasteiger partial charge in [-0.05, 0) is 50.7 Å². The number of aliphatic hydroxyl groups is 1. The van der Waals surface area contributed by atoms with Crippen LogP contribution in [-0.4, -0.2) is 33.0 Å². The quantitative estimate of drug-likeness (QED) is 0.725. The van der Waals surface area contributed by atoms with Crippen LogP contribution >= 0.6 is 0 Å². The van der Waals surface area contributed by atoms with Gasteiger partial charge in [0.2, 0.25) is 0 Å². The number of phenols is 1. The number of allylic oxidation sites excluding steroid dienone is 1. The second kappa shape index (κ2) is 6.06. The third kappa shape index (κ3) is 2.71. The highest BCUT2D eigenvalue weighted by atomic mass is 16.5. The van der Waals surface area contributed by atoms with Crippen molar-refractivity contribution in [3.05, 3.63) is 34.9 Å². The Balaban J connectivity index is 2.23. The van der Waals surface area contributed by atoms with Gasteiger partial charge in [-0.25, -0.2) is 4.79 Å². The van der Waals surface area contributed by atoms with Crippen molar-refractivity contribution in [2.45, 2.75) is 64.1 Å². The van der Waals surface area contributed by atoms with Crippen LogP contribution in [0.2, 0.25) is 0 Å². The third-order valence-corrected chi connectivity index (χ3v) is 5.66. The smallest absolute Gasteiger partial charge is 0.339 e. The van der Waals surface area contributed by atoms with Gasteiger partial charge in [-0.1, -0.05) is 25.5 Å². The summed E-state index contributed by atoms with van der Waals surface area (Å²) in [6, 6.07) is 1.55. The first kappa shape index (κ1) is 17.8. The van der Waals surface area contributed by atoms with E-state index in [1.54, 1.807) is 13.0 Å². The van der Waals surface area contributed by atoms with Crippen LogP contribution in [0.25, 0.3) is 0 Å². The van der Waals surface area contributed by atoms with Crippen molar-refractivity contribution in [2.75, 3.05) is 0 Å². The lowest BCUT2D eigenvalue weighted by Crippen LogP contribution is -2.50. The average molecular weight is 346 g/mol. The number of benzene rings is 1. The monoisotopic (exact) mass is 346 g/mol. The summed E-state index contributed by atoms with van der Waals surface area (Å²) in [5.74, 6) is -1.04. The number of fused-ring (bicyclic) bond motifs is 3. The number of phenolic OH excluding ortho intramolecular Hbond substituents is 1. The van der Waals surface area contributed by atoms with E-state index in [0.717, 1.165) is 18.4 Å². The van der Waals surface area contributed by atoms with E-state index in [2.05, 4.69) is 6.58 Å². The highest BCUT2D eigenvalue weighted by molar-refractivity contribution is 5.94. The fourth-order valence-corrected chi connectivity index (χ4v) is 4.46. The van der Waals surface area contributed by atoms with Crippen molar-refractivity contribution in [2.24, 2.45) is 5.92 Å². The summed E-state index contributed by atoms with van der Waals surface area (Å²) in [6.45, 7) is 9.66. The van der Waals surface area contributed by atoms with Crippen molar-refractivity contribution >= 4 is 5.97 Å². The van der Waals surface area contributed by atoms with E-state index >= 15 is 0 Å². The van der Waals surface area contributed by atoms with E-state index < -0.39 is 17.7 Å². The van der Waals surface area contributed by atoms with Crippen LogP contribution in [0.4, 0.5) is 0 Å². The van der Waals surface area contributed by atoms with E-state index in [9.17, 15) is 20.1 Å². The van der Waals surface area contributed by atoms with Gasteiger partial charge in [0.15, 0.2) is 0 Å². The maximum Gasteiger partial charge on any atom is 0.339 e. The molecule has 4 atom stereocenters. The molecule has 3 N–H and O–H groups in total. The minimum atomic E-state index is -1.08. The first-order valence-corrected chi connectivity index (χ1v) is 8.85. The lowest BCUT2D eigenvalue weighted by Gasteiger charge is -2.42. The van der Waals surface area contributed by atoms with Crippen LogP contribution in [0.3, 0.4) is 0 Å². The number of carboxylic acid groups (broad SMARTS) is 1. The molecule has 0 spiro atoms. The summed E-state index contributed by atoms with van der Waals surface area (Å²) in [5, 5.41) is 31.2. The normalized spacial score (nSPS) is 30.3. The van der Waals surface area contributed by atoms with Crippen LogP contribution in [0, 0.1) is 5.92 Å². The molecule has 1 saturated carbocycles. The SMILES string of the molecule is C=C(C)C1CC[C@](C)(O)[C@H]2Oc3c(C(=O)O)c(CCC)cc(O)c3[C@@H]12. The molecule has 1 aliphatic heterocycles. The molecule has 1 unspecified atom stereocenters. The highest BCUT2D eigenvalue weighted by Crippen LogP contribution is 2.57. The molecule has 0 saturated heterocycles. The van der Waals surface area contributed by atoms with Crippen molar-refractivity contribution in [3.63, 3.8) is 0 Å². The Hall–Kier alpha value is -2.01. The number of carbonyl (C=O) groups is 1.